The van der Waals surface area contributed by atoms with Crippen molar-refractivity contribution in [3.63, 3.8) is 0 Å². The molecule has 2 aliphatic carbocycles. The van der Waals surface area contributed by atoms with E-state index in [0.717, 1.165) is 85.9 Å². The van der Waals surface area contributed by atoms with Crippen molar-refractivity contribution < 1.29 is 8.78 Å². The molecule has 4 aliphatic rings. The van der Waals surface area contributed by atoms with E-state index in [1.54, 1.807) is 6.07 Å². The molecule has 0 bridgehead atoms. The maximum absolute atomic E-state index is 15.4. The topological polar surface area (TPSA) is 100 Å². The number of nitrogens with two attached hydrogens (primary N) is 2. The number of aryl methyl sites for hydroxylation is 3. The number of nitrogens with zero attached hydrogens (tertiary/aromatic N) is 4. The van der Waals surface area contributed by atoms with Gasteiger partial charge in [-0.25, -0.2) is 8.78 Å². The van der Waals surface area contributed by atoms with Gasteiger partial charge in [0.1, 0.15) is 17.5 Å². The Morgan fingerprint density at radius 1 is 0.942 bits per heavy atom. The van der Waals surface area contributed by atoms with Gasteiger partial charge in [0.2, 0.25) is 0 Å². The van der Waals surface area contributed by atoms with Crippen molar-refractivity contribution in [2.75, 3.05) is 38.1 Å². The van der Waals surface area contributed by atoms with E-state index in [0.29, 0.717) is 34.9 Å². The molecule has 1 saturated carbocycles. The minimum atomic E-state index is -0.475. The first-order valence-corrected chi connectivity index (χ1v) is 25.1. The highest BCUT2D eigenvalue weighted by Crippen LogP contribution is 2.51. The van der Waals surface area contributed by atoms with Crippen LogP contribution in [0.1, 0.15) is 116 Å². The lowest BCUT2D eigenvalue weighted by molar-refractivity contribution is 0.258. The predicted molar refractivity (Wildman–Crippen MR) is 287 cm³/mol. The molecule has 1 unspecified atom stereocenters. The van der Waals surface area contributed by atoms with Gasteiger partial charge in [0.25, 0.3) is 0 Å². The van der Waals surface area contributed by atoms with Crippen LogP contribution in [-0.2, 0) is 19.9 Å². The van der Waals surface area contributed by atoms with Crippen molar-refractivity contribution in [2.45, 2.75) is 103 Å². The molecule has 1 aromatic heterocycles. The van der Waals surface area contributed by atoms with Gasteiger partial charge in [-0.05, 0) is 128 Å². The van der Waals surface area contributed by atoms with Crippen molar-refractivity contribution in [1.29, 1.82) is 0 Å². The largest absolute Gasteiger partial charge is 0.405 e. The molecule has 2 aliphatic heterocycles. The van der Waals surface area contributed by atoms with Gasteiger partial charge < -0.3 is 31.9 Å². The van der Waals surface area contributed by atoms with E-state index < -0.39 is 5.82 Å². The third-order valence-electron chi connectivity index (χ3n) is 14.5. The van der Waals surface area contributed by atoms with Gasteiger partial charge in [-0.15, -0.1) is 0 Å². The summed E-state index contributed by atoms with van der Waals surface area (Å²) in [4.78, 5) is 4.64. The number of hydrogen-bond donors (Lipinski definition) is 4. The zero-order valence-electron chi connectivity index (χ0n) is 41.8. The summed E-state index contributed by atoms with van der Waals surface area (Å²) in [7, 11) is 3.57. The molecule has 368 valence electrons. The highest BCUT2D eigenvalue weighted by Gasteiger charge is 2.36. The maximum atomic E-state index is 15.4. The highest BCUT2D eigenvalue weighted by atomic mass is 35.5. The summed E-state index contributed by atoms with van der Waals surface area (Å²) in [6.07, 6.45) is 12.3. The smallest absolute Gasteiger partial charge is 0.164 e. The lowest BCUT2D eigenvalue weighted by Gasteiger charge is -2.36. The average molecular weight is 958 g/mol. The molecule has 4 aromatic carbocycles. The fraction of sp³-hybridized carbons (Fsp3) is 0.397. The van der Waals surface area contributed by atoms with Crippen molar-refractivity contribution in [1.82, 2.24) is 25.3 Å². The SMILES string of the molecule is C=C1CCN(c2nn(C)c3c(C4CCN(C(=C)CNC(=C)C5CCCCC5)CC4)cccc23)C(=C)N1.C=CN.CCc1ccc(C)c(-c2c(Cl)c(F)cc3c2[C@H](C)C(c2ccccc2)C3)c1F.CN. The third-order valence-corrected chi connectivity index (χ3v) is 14.9. The lowest BCUT2D eigenvalue weighted by atomic mass is 9.84. The predicted octanol–water partition coefficient (Wildman–Crippen LogP) is 13.0. The van der Waals surface area contributed by atoms with Crippen molar-refractivity contribution >= 4 is 28.3 Å². The second-order valence-corrected chi connectivity index (χ2v) is 19.1. The molecule has 2 saturated heterocycles. The fourth-order valence-corrected chi connectivity index (χ4v) is 11.2. The Bertz CT molecular complexity index is 2620. The molecule has 11 heteroatoms. The monoisotopic (exact) mass is 957 g/mol. The number of fused-ring (bicyclic) bond motifs is 2. The van der Waals surface area contributed by atoms with Gasteiger partial charge in [-0.2, -0.15) is 5.10 Å². The Kier molecular flexibility index (Phi) is 18.4. The molecule has 8 nitrogen and oxygen atoms in total. The molecule has 3 fully saturated rings. The molecular formula is C58H75ClF2N8. The number of anilines is 1. The van der Waals surface area contributed by atoms with Gasteiger partial charge in [-0.3, -0.25) is 4.68 Å². The van der Waals surface area contributed by atoms with Crippen LogP contribution >= 0.6 is 11.6 Å². The first-order chi connectivity index (χ1) is 33.3. The number of nitrogens with one attached hydrogen (secondary N) is 2. The van der Waals surface area contributed by atoms with E-state index in [2.05, 4.69) is 114 Å². The Balaban J connectivity index is 0.000000213. The summed E-state index contributed by atoms with van der Waals surface area (Å²) in [6, 6.07) is 22.2. The van der Waals surface area contributed by atoms with E-state index in [1.807, 2.05) is 38.1 Å². The number of halogens is 3. The fourth-order valence-electron chi connectivity index (χ4n) is 10.9. The summed E-state index contributed by atoms with van der Waals surface area (Å²) < 4.78 is 32.2. The van der Waals surface area contributed by atoms with Gasteiger partial charge in [-0.1, -0.05) is 132 Å². The Morgan fingerprint density at radius 3 is 2.28 bits per heavy atom. The summed E-state index contributed by atoms with van der Waals surface area (Å²) in [5, 5.41) is 13.0. The summed E-state index contributed by atoms with van der Waals surface area (Å²) in [5.41, 5.74) is 20.7. The van der Waals surface area contributed by atoms with Crippen LogP contribution in [0.5, 0.6) is 0 Å². The van der Waals surface area contributed by atoms with Gasteiger partial charge >= 0.3 is 0 Å². The number of allylic oxidation sites excluding steroid dienone is 1. The molecule has 69 heavy (non-hydrogen) atoms. The number of hydrogen-bond acceptors (Lipinski definition) is 7. The van der Waals surface area contributed by atoms with Crippen LogP contribution in [0.15, 0.2) is 129 Å². The first-order valence-electron chi connectivity index (χ1n) is 24.7. The summed E-state index contributed by atoms with van der Waals surface area (Å²) >= 11 is 6.47. The van der Waals surface area contributed by atoms with Crippen molar-refractivity contribution in [3.05, 3.63) is 179 Å². The molecule has 3 heterocycles. The minimum Gasteiger partial charge on any atom is -0.405 e. The maximum Gasteiger partial charge on any atom is 0.164 e. The number of piperidine rings is 1. The first kappa shape index (κ1) is 52.5. The number of benzene rings is 4. The molecular weight excluding hydrogens is 882 g/mol. The van der Waals surface area contributed by atoms with E-state index in [1.165, 1.54) is 84.8 Å². The van der Waals surface area contributed by atoms with Gasteiger partial charge in [0.15, 0.2) is 5.82 Å². The zero-order chi connectivity index (χ0) is 49.9. The van der Waals surface area contributed by atoms with Crippen molar-refractivity contribution in [3.8, 4) is 11.1 Å². The molecule has 0 amide bonds. The molecule has 5 aromatic rings. The highest BCUT2D eigenvalue weighted by molar-refractivity contribution is 6.33. The third kappa shape index (κ3) is 11.6. The molecule has 2 atom stereocenters. The van der Waals surface area contributed by atoms with Crippen molar-refractivity contribution in [2.24, 2.45) is 24.4 Å². The van der Waals surface area contributed by atoms with Crippen LogP contribution in [0.2, 0.25) is 5.02 Å². The van der Waals surface area contributed by atoms with E-state index in [-0.39, 0.29) is 22.7 Å². The summed E-state index contributed by atoms with van der Waals surface area (Å²) in [5.74, 6) is 2.58. The molecule has 9 rings (SSSR count). The van der Waals surface area contributed by atoms with Crippen LogP contribution in [0.25, 0.3) is 22.0 Å². The Morgan fingerprint density at radius 2 is 1.62 bits per heavy atom. The quantitative estimate of drug-likeness (QED) is 0.111. The molecule has 6 N–H and O–H groups in total. The van der Waals surface area contributed by atoms with Gasteiger partial charge in [0, 0.05) is 66.7 Å². The second kappa shape index (κ2) is 24.1. The van der Waals surface area contributed by atoms with Crippen LogP contribution in [0.3, 0.4) is 0 Å². The van der Waals surface area contributed by atoms with E-state index >= 15 is 4.39 Å². The number of likely N-dealkylation sites (tertiary alicyclic amines) is 1. The standard InChI is InChI=1S/C30H42N6.C25H23ClF2.C2H5N.CH5N/c1-21-14-19-36(24(4)32-21)30-28-13-9-12-27(29(28)34(5)33-30)26-15-17-35(18-16-26)22(2)20-31-23(3)25-10-7-6-8-11-25;1-4-16-11-10-14(2)21(25(16)28)23-22-15(3)19(17-8-6-5-7-9-17)12-18(22)13-20(27)24(23)26;1-2-3;1-2/h9,12-13,25-26,31-32H,1-4,6-8,10-11,14-20H2,5H3;5-11,13,15,19H,4,12H2,1-3H3;2H,1,3H2;2H2,1H3/t;15-,19?;;/m.1../s1. The van der Waals surface area contributed by atoms with Crippen LogP contribution < -0.4 is 27.0 Å². The number of rotatable bonds is 10. The average Bonchev–Trinajstić information content (AvgIpc) is 3.88. The van der Waals surface area contributed by atoms with Crippen LogP contribution in [-0.4, -0.2) is 47.9 Å². The Hall–Kier alpha value is -5.84. The van der Waals surface area contributed by atoms with Crippen LogP contribution in [0, 0.1) is 24.5 Å². The Labute approximate surface area is 415 Å². The van der Waals surface area contributed by atoms with E-state index in [9.17, 15) is 4.39 Å². The number of para-hydroxylation sites is 1. The zero-order valence-corrected chi connectivity index (χ0v) is 42.5. The number of aromatic nitrogens is 2. The lowest BCUT2D eigenvalue weighted by Crippen LogP contribution is -2.37. The minimum absolute atomic E-state index is 0.0227. The van der Waals surface area contributed by atoms with Gasteiger partial charge in [0.05, 0.1) is 17.1 Å². The second-order valence-electron chi connectivity index (χ2n) is 18.8. The normalized spacial score (nSPS) is 18.2. The van der Waals surface area contributed by atoms with Crippen LogP contribution in [0.4, 0.5) is 14.6 Å². The molecule has 0 spiro atoms. The molecule has 0 radical (unpaired) electrons. The summed E-state index contributed by atoms with van der Waals surface area (Å²) in [6.45, 7) is 29.8. The van der Waals surface area contributed by atoms with E-state index in [4.69, 9.17) is 16.7 Å².